The highest BCUT2D eigenvalue weighted by Crippen LogP contribution is 2.20. The number of nitrogens with one attached hydrogen (secondary N) is 2. The molecule has 0 aliphatic heterocycles. The lowest BCUT2D eigenvalue weighted by atomic mass is 10.0. The molecule has 3 aromatic rings. The number of carbonyl (C=O) groups excluding carboxylic acids is 1. The smallest absolute Gasteiger partial charge is 0.257 e. The van der Waals surface area contributed by atoms with Crippen LogP contribution in [0.1, 0.15) is 35.3 Å². The van der Waals surface area contributed by atoms with E-state index in [4.69, 9.17) is 0 Å². The summed E-state index contributed by atoms with van der Waals surface area (Å²) in [6.07, 6.45) is 2.22. The molecule has 1 unspecified atom stereocenters. The van der Waals surface area contributed by atoms with E-state index in [2.05, 4.69) is 26.2 Å². The predicted molar refractivity (Wildman–Crippen MR) is 99.2 cm³/mol. The Bertz CT molecular complexity index is 932. The molecule has 1 atom stereocenters. The Morgan fingerprint density at radius 2 is 1.88 bits per heavy atom. The molecule has 1 aromatic heterocycles. The first kappa shape index (κ1) is 16.5. The Morgan fingerprint density at radius 3 is 2.58 bits per heavy atom. The zero-order chi connectivity index (χ0) is 17.1. The summed E-state index contributed by atoms with van der Waals surface area (Å²) in [5.74, 6) is -0.364. The number of hydrogen-bond acceptors (Lipinski definition) is 2. The third-order valence-corrected chi connectivity index (χ3v) is 4.55. The zero-order valence-electron chi connectivity index (χ0n) is 13.2. The fourth-order valence-electron chi connectivity index (χ4n) is 2.69. The van der Waals surface area contributed by atoms with Crippen molar-refractivity contribution in [1.82, 2.24) is 10.3 Å². The van der Waals surface area contributed by atoms with Gasteiger partial charge in [-0.1, -0.05) is 47.1 Å². The van der Waals surface area contributed by atoms with Gasteiger partial charge in [-0.15, -0.1) is 0 Å². The van der Waals surface area contributed by atoms with Gasteiger partial charge in [0, 0.05) is 21.6 Å². The number of aromatic amines is 1. The van der Waals surface area contributed by atoms with Crippen LogP contribution in [0.3, 0.4) is 0 Å². The summed E-state index contributed by atoms with van der Waals surface area (Å²) in [7, 11) is 0. The van der Waals surface area contributed by atoms with Gasteiger partial charge in [-0.3, -0.25) is 9.59 Å². The second-order valence-corrected chi connectivity index (χ2v) is 6.48. The minimum atomic E-state index is -0.364. The Labute approximate surface area is 148 Å². The molecule has 0 bridgehead atoms. The van der Waals surface area contributed by atoms with E-state index in [-0.39, 0.29) is 22.9 Å². The van der Waals surface area contributed by atoms with Crippen LogP contribution in [-0.2, 0) is 0 Å². The number of carbonyl (C=O) groups is 1. The highest BCUT2D eigenvalue weighted by molar-refractivity contribution is 9.10. The number of halogens is 1. The number of benzene rings is 2. The van der Waals surface area contributed by atoms with Gasteiger partial charge in [0.25, 0.3) is 5.91 Å². The largest absolute Gasteiger partial charge is 0.360 e. The molecule has 0 aliphatic rings. The van der Waals surface area contributed by atoms with Gasteiger partial charge in [-0.25, -0.2) is 0 Å². The van der Waals surface area contributed by atoms with Gasteiger partial charge in [0.05, 0.1) is 6.04 Å². The molecule has 0 fully saturated rings. The first-order valence-corrected chi connectivity index (χ1v) is 8.56. The van der Waals surface area contributed by atoms with Crippen molar-refractivity contribution in [2.24, 2.45) is 0 Å². The Balaban J connectivity index is 1.90. The van der Waals surface area contributed by atoms with Crippen LogP contribution < -0.4 is 10.7 Å². The summed E-state index contributed by atoms with van der Waals surface area (Å²) in [5.41, 5.74) is 1.60. The summed E-state index contributed by atoms with van der Waals surface area (Å²) in [5, 5.41) is 3.47. The van der Waals surface area contributed by atoms with Crippen LogP contribution in [0.4, 0.5) is 0 Å². The van der Waals surface area contributed by atoms with E-state index in [1.54, 1.807) is 12.1 Å². The number of amides is 1. The molecule has 2 N–H and O–H groups in total. The molecule has 0 radical (unpaired) electrons. The molecule has 24 heavy (non-hydrogen) atoms. The zero-order valence-corrected chi connectivity index (χ0v) is 14.8. The van der Waals surface area contributed by atoms with Crippen molar-refractivity contribution in [3.8, 4) is 0 Å². The molecule has 4 nitrogen and oxygen atoms in total. The number of aromatic nitrogens is 1. The molecule has 0 aliphatic carbocycles. The van der Waals surface area contributed by atoms with Gasteiger partial charge in [-0.2, -0.15) is 0 Å². The van der Waals surface area contributed by atoms with E-state index in [9.17, 15) is 9.59 Å². The van der Waals surface area contributed by atoms with Gasteiger partial charge >= 0.3 is 0 Å². The summed E-state index contributed by atoms with van der Waals surface area (Å²) >= 11 is 3.40. The molecular formula is C19H17BrN2O2. The number of H-pyrrole nitrogens is 1. The molecule has 0 spiro atoms. The molecule has 3 rings (SSSR count). The lowest BCUT2D eigenvalue weighted by molar-refractivity contribution is 0.0934. The van der Waals surface area contributed by atoms with Gasteiger partial charge in [0.2, 0.25) is 5.43 Å². The van der Waals surface area contributed by atoms with E-state index in [0.29, 0.717) is 5.39 Å². The van der Waals surface area contributed by atoms with Crippen LogP contribution in [0.5, 0.6) is 0 Å². The maximum Gasteiger partial charge on any atom is 0.257 e. The van der Waals surface area contributed by atoms with E-state index in [0.717, 1.165) is 22.0 Å². The van der Waals surface area contributed by atoms with Crippen molar-refractivity contribution >= 4 is 32.7 Å². The van der Waals surface area contributed by atoms with Crippen LogP contribution >= 0.6 is 15.9 Å². The third-order valence-electron chi connectivity index (χ3n) is 4.02. The number of hydrogen-bond donors (Lipinski definition) is 2. The first-order valence-electron chi connectivity index (χ1n) is 7.77. The van der Waals surface area contributed by atoms with Gasteiger partial charge in [0.1, 0.15) is 5.56 Å². The Kier molecular flexibility index (Phi) is 4.81. The van der Waals surface area contributed by atoms with E-state index < -0.39 is 0 Å². The van der Waals surface area contributed by atoms with E-state index in [1.165, 1.54) is 6.20 Å². The average Bonchev–Trinajstić information content (AvgIpc) is 2.61. The number of pyridine rings is 1. The summed E-state index contributed by atoms with van der Waals surface area (Å²) < 4.78 is 0.985. The number of fused-ring (bicyclic) bond motifs is 1. The van der Waals surface area contributed by atoms with Gasteiger partial charge < -0.3 is 10.3 Å². The van der Waals surface area contributed by atoms with E-state index >= 15 is 0 Å². The second-order valence-electron chi connectivity index (χ2n) is 5.56. The van der Waals surface area contributed by atoms with Crippen LogP contribution in [0.2, 0.25) is 0 Å². The quantitative estimate of drug-likeness (QED) is 0.708. The van der Waals surface area contributed by atoms with Crippen molar-refractivity contribution in [2.75, 3.05) is 0 Å². The van der Waals surface area contributed by atoms with Crippen LogP contribution in [-0.4, -0.2) is 10.9 Å². The summed E-state index contributed by atoms with van der Waals surface area (Å²) in [6, 6.07) is 14.8. The van der Waals surface area contributed by atoms with Crippen molar-refractivity contribution < 1.29 is 4.79 Å². The van der Waals surface area contributed by atoms with Crippen LogP contribution in [0.15, 0.2) is 64.0 Å². The molecule has 1 heterocycles. The first-order chi connectivity index (χ1) is 11.6. The minimum Gasteiger partial charge on any atom is -0.360 e. The Hall–Kier alpha value is -2.40. The number of rotatable bonds is 4. The van der Waals surface area contributed by atoms with Crippen molar-refractivity contribution in [3.63, 3.8) is 0 Å². The van der Waals surface area contributed by atoms with Crippen molar-refractivity contribution in [1.29, 1.82) is 0 Å². The topological polar surface area (TPSA) is 62.0 Å². The highest BCUT2D eigenvalue weighted by atomic mass is 79.9. The molecular weight excluding hydrogens is 368 g/mol. The summed E-state index contributed by atoms with van der Waals surface area (Å²) in [4.78, 5) is 28.1. The van der Waals surface area contributed by atoms with Crippen molar-refractivity contribution in [3.05, 3.63) is 80.6 Å². The summed E-state index contributed by atoms with van der Waals surface area (Å²) in [6.45, 7) is 2.00. The van der Waals surface area contributed by atoms with Crippen molar-refractivity contribution in [2.45, 2.75) is 19.4 Å². The molecule has 0 saturated heterocycles. The maximum atomic E-state index is 12.6. The highest BCUT2D eigenvalue weighted by Gasteiger charge is 2.17. The van der Waals surface area contributed by atoms with Gasteiger partial charge in [-0.05, 0) is 36.2 Å². The molecule has 122 valence electrons. The maximum absolute atomic E-state index is 12.6. The molecule has 0 saturated carbocycles. The average molecular weight is 385 g/mol. The lowest BCUT2D eigenvalue weighted by Gasteiger charge is -2.17. The fourth-order valence-corrected chi connectivity index (χ4v) is 2.95. The standard InChI is InChI=1S/C19H17BrN2O2/c1-2-16(12-7-9-13(20)10-8-12)22-19(24)15-11-21-17-6-4-3-5-14(17)18(15)23/h3-11,16H,2H2,1H3,(H,21,23)(H,22,24). The number of para-hydroxylation sites is 1. The minimum absolute atomic E-state index is 0.129. The Morgan fingerprint density at radius 1 is 1.17 bits per heavy atom. The van der Waals surface area contributed by atoms with E-state index in [1.807, 2.05) is 43.3 Å². The predicted octanol–water partition coefficient (Wildman–Crippen LogP) is 4.17. The van der Waals surface area contributed by atoms with Gasteiger partial charge in [0.15, 0.2) is 0 Å². The van der Waals surface area contributed by atoms with Crippen LogP contribution in [0.25, 0.3) is 10.9 Å². The molecule has 5 heteroatoms. The lowest BCUT2D eigenvalue weighted by Crippen LogP contribution is -2.32. The normalized spacial score (nSPS) is 12.1. The van der Waals surface area contributed by atoms with Crippen LogP contribution in [0, 0.1) is 0 Å². The monoisotopic (exact) mass is 384 g/mol. The molecule has 2 aromatic carbocycles. The fraction of sp³-hybridized carbons (Fsp3) is 0.158. The third kappa shape index (κ3) is 3.26. The second kappa shape index (κ2) is 7.01. The SMILES string of the molecule is CCC(NC(=O)c1c[nH]c2ccccc2c1=O)c1ccc(Br)cc1. The molecule has 1 amide bonds.